The van der Waals surface area contributed by atoms with Crippen molar-refractivity contribution in [1.82, 2.24) is 19.5 Å². The molecule has 0 saturated heterocycles. The monoisotopic (exact) mass is 561 g/mol. The summed E-state index contributed by atoms with van der Waals surface area (Å²) in [6.45, 7) is 1.79. The predicted molar refractivity (Wildman–Crippen MR) is 155 cm³/mol. The summed E-state index contributed by atoms with van der Waals surface area (Å²) in [5.74, 6) is 1.90. The third-order valence-electron chi connectivity index (χ3n) is 7.41. The maximum atomic E-state index is 13.6. The molecule has 0 amide bonds. The van der Waals surface area contributed by atoms with Gasteiger partial charge in [-0.2, -0.15) is 14.4 Å². The number of fused-ring (bicyclic) bond motifs is 1. The molecule has 2 heterocycles. The van der Waals surface area contributed by atoms with Crippen molar-refractivity contribution in [3.63, 3.8) is 0 Å². The first-order chi connectivity index (χ1) is 19.4. The molecule has 0 aliphatic rings. The van der Waals surface area contributed by atoms with E-state index in [0.29, 0.717) is 0 Å². The van der Waals surface area contributed by atoms with Crippen molar-refractivity contribution >= 4 is 23.0 Å². The van der Waals surface area contributed by atoms with E-state index >= 15 is 0 Å². The Morgan fingerprint density at radius 1 is 1.05 bits per heavy atom. The fourth-order valence-electron chi connectivity index (χ4n) is 4.79. The number of hydrogen-bond donors (Lipinski definition) is 2. The SMILES string of the molecule is C#CC(COC(=O)CCCCCCCCCCCCCCCCC)(OC)[C@@H](O)Cn1cnc2c(N)nc(F)nc21. The third kappa shape index (κ3) is 11.0. The minimum Gasteiger partial charge on any atom is -0.461 e. The van der Waals surface area contributed by atoms with Gasteiger partial charge in [0.25, 0.3) is 0 Å². The number of carbonyl (C=O) groups excluding carboxylic acids is 1. The molecule has 0 aliphatic heterocycles. The van der Waals surface area contributed by atoms with E-state index in [1.807, 2.05) is 0 Å². The lowest BCUT2D eigenvalue weighted by Gasteiger charge is -2.31. The minimum absolute atomic E-state index is 0.108. The Hall–Kier alpha value is -2.77. The molecule has 0 radical (unpaired) electrons. The van der Waals surface area contributed by atoms with E-state index in [9.17, 15) is 14.3 Å². The number of methoxy groups -OCH3 is 1. The molecule has 3 N–H and O–H groups in total. The molecule has 0 fully saturated rings. The number of hydrogen-bond acceptors (Lipinski definition) is 8. The summed E-state index contributed by atoms with van der Waals surface area (Å²) in [4.78, 5) is 23.5. The van der Waals surface area contributed by atoms with Gasteiger partial charge in [0.2, 0.25) is 0 Å². The molecule has 0 aliphatic carbocycles. The standard InChI is InChI=1S/C30H48FN5O4/c1-4-6-7-8-9-10-11-12-13-14-15-16-17-18-19-20-25(38)40-22-30(5-2,39-3)24(37)21-36-23-33-26-27(32)34-29(31)35-28(26)36/h2,23-24,37H,4,6-22H2,1,3H3,(H2,32,34,35)/t24-,30?/m0/s1. The zero-order chi connectivity index (χ0) is 29.2. The number of esters is 1. The van der Waals surface area contributed by atoms with Gasteiger partial charge in [-0.05, 0) is 6.42 Å². The molecule has 2 rings (SSSR count). The number of carbonyl (C=O) groups is 1. The molecule has 224 valence electrons. The van der Waals surface area contributed by atoms with Crippen LogP contribution in [-0.4, -0.2) is 56.0 Å². The van der Waals surface area contributed by atoms with Crippen LogP contribution in [0.25, 0.3) is 11.2 Å². The van der Waals surface area contributed by atoms with E-state index in [-0.39, 0.29) is 36.6 Å². The van der Waals surface area contributed by atoms with E-state index in [4.69, 9.17) is 21.6 Å². The Morgan fingerprint density at radius 3 is 2.12 bits per heavy atom. The Labute approximate surface area is 238 Å². The van der Waals surface area contributed by atoms with Crippen molar-refractivity contribution in [3.05, 3.63) is 12.4 Å². The van der Waals surface area contributed by atoms with Crippen LogP contribution in [0, 0.1) is 18.4 Å². The van der Waals surface area contributed by atoms with Crippen LogP contribution in [0.3, 0.4) is 0 Å². The summed E-state index contributed by atoms with van der Waals surface area (Å²) in [7, 11) is 1.33. The largest absolute Gasteiger partial charge is 0.461 e. The van der Waals surface area contributed by atoms with Crippen LogP contribution in [0.1, 0.15) is 110 Å². The number of nitrogens with two attached hydrogens (primary N) is 1. The van der Waals surface area contributed by atoms with Gasteiger partial charge in [-0.15, -0.1) is 6.42 Å². The molecule has 0 aromatic carbocycles. The average molecular weight is 562 g/mol. The van der Waals surface area contributed by atoms with Gasteiger partial charge in [-0.25, -0.2) is 4.98 Å². The summed E-state index contributed by atoms with van der Waals surface area (Å²) in [6, 6.07) is 0. The van der Waals surface area contributed by atoms with Gasteiger partial charge in [-0.1, -0.05) is 103 Å². The molecule has 2 aromatic heterocycles. The van der Waals surface area contributed by atoms with Gasteiger partial charge in [0.05, 0.1) is 12.9 Å². The number of unbranched alkanes of at least 4 members (excludes halogenated alkanes) is 14. The van der Waals surface area contributed by atoms with E-state index in [0.717, 1.165) is 19.3 Å². The van der Waals surface area contributed by atoms with Crippen molar-refractivity contribution in [2.24, 2.45) is 0 Å². The molecular formula is C30H48FN5O4. The Balaban J connectivity index is 1.61. The number of aromatic nitrogens is 4. The Kier molecular flexibility index (Phi) is 15.5. The lowest BCUT2D eigenvalue weighted by molar-refractivity contribution is -0.157. The summed E-state index contributed by atoms with van der Waals surface area (Å²) in [5.41, 5.74) is 4.40. The Bertz CT molecular complexity index is 1060. The quantitative estimate of drug-likeness (QED) is 0.0808. The van der Waals surface area contributed by atoms with Crippen molar-refractivity contribution in [3.8, 4) is 12.3 Å². The molecule has 2 atom stereocenters. The van der Waals surface area contributed by atoms with Gasteiger partial charge in [-0.3, -0.25) is 4.79 Å². The molecule has 10 heteroatoms. The number of nitrogen functional groups attached to an aromatic ring is 1. The predicted octanol–water partition coefficient (Wildman–Crippen LogP) is 5.73. The first kappa shape index (κ1) is 33.4. The number of aliphatic hydroxyl groups excluding tert-OH is 1. The van der Waals surface area contributed by atoms with E-state index in [1.165, 1.54) is 95.1 Å². The number of nitrogens with zero attached hydrogens (tertiary/aromatic N) is 4. The number of aliphatic hydroxyl groups is 1. The van der Waals surface area contributed by atoms with Crippen LogP contribution >= 0.6 is 0 Å². The van der Waals surface area contributed by atoms with Crippen LogP contribution in [0.2, 0.25) is 0 Å². The first-order valence-electron chi connectivity index (χ1n) is 14.9. The Morgan fingerprint density at radius 2 is 1.60 bits per heavy atom. The van der Waals surface area contributed by atoms with Crippen LogP contribution < -0.4 is 5.73 Å². The minimum atomic E-state index is -1.60. The molecule has 9 nitrogen and oxygen atoms in total. The third-order valence-corrected chi connectivity index (χ3v) is 7.41. The second-order valence-electron chi connectivity index (χ2n) is 10.6. The van der Waals surface area contributed by atoms with Gasteiger partial charge in [0, 0.05) is 13.5 Å². The summed E-state index contributed by atoms with van der Waals surface area (Å²) in [5, 5.41) is 10.9. The normalized spacial score (nSPS) is 13.7. The number of anilines is 1. The lowest BCUT2D eigenvalue weighted by Crippen LogP contribution is -2.49. The highest BCUT2D eigenvalue weighted by molar-refractivity contribution is 5.81. The van der Waals surface area contributed by atoms with E-state index in [2.05, 4.69) is 27.8 Å². The second-order valence-corrected chi connectivity index (χ2v) is 10.6. The van der Waals surface area contributed by atoms with Crippen LogP contribution in [-0.2, 0) is 20.8 Å². The van der Waals surface area contributed by atoms with Gasteiger partial charge >= 0.3 is 12.0 Å². The molecule has 40 heavy (non-hydrogen) atoms. The highest BCUT2D eigenvalue weighted by Gasteiger charge is 2.38. The fourth-order valence-corrected chi connectivity index (χ4v) is 4.79. The zero-order valence-corrected chi connectivity index (χ0v) is 24.4. The number of imidazole rings is 1. The number of terminal acetylenes is 1. The average Bonchev–Trinajstić information content (AvgIpc) is 3.34. The van der Waals surface area contributed by atoms with Gasteiger partial charge < -0.3 is 24.9 Å². The molecule has 0 bridgehead atoms. The number of halogens is 1. The van der Waals surface area contributed by atoms with Gasteiger partial charge in [0.1, 0.15) is 18.2 Å². The van der Waals surface area contributed by atoms with E-state index < -0.39 is 23.8 Å². The van der Waals surface area contributed by atoms with Crippen molar-refractivity contribution in [1.29, 1.82) is 0 Å². The van der Waals surface area contributed by atoms with Crippen LogP contribution in [0.15, 0.2) is 6.33 Å². The number of rotatable bonds is 22. The number of ether oxygens (including phenoxy) is 2. The van der Waals surface area contributed by atoms with Crippen LogP contribution in [0.5, 0.6) is 0 Å². The van der Waals surface area contributed by atoms with Gasteiger partial charge in [0.15, 0.2) is 17.1 Å². The van der Waals surface area contributed by atoms with Crippen LogP contribution in [0.4, 0.5) is 10.2 Å². The zero-order valence-electron chi connectivity index (χ0n) is 24.4. The lowest BCUT2D eigenvalue weighted by atomic mass is 9.98. The fraction of sp³-hybridized carbons (Fsp3) is 0.733. The van der Waals surface area contributed by atoms with E-state index in [1.54, 1.807) is 0 Å². The maximum Gasteiger partial charge on any atom is 0.312 e. The molecule has 2 aromatic rings. The highest BCUT2D eigenvalue weighted by Crippen LogP contribution is 2.22. The summed E-state index contributed by atoms with van der Waals surface area (Å²) >= 11 is 0. The maximum absolute atomic E-state index is 13.6. The first-order valence-corrected chi connectivity index (χ1v) is 14.9. The topological polar surface area (TPSA) is 125 Å². The molecule has 0 saturated carbocycles. The highest BCUT2D eigenvalue weighted by atomic mass is 19.1. The molecule has 0 spiro atoms. The van der Waals surface area contributed by atoms with Crippen molar-refractivity contribution < 1.29 is 23.8 Å². The second kappa shape index (κ2) is 18.6. The summed E-state index contributed by atoms with van der Waals surface area (Å²) in [6.07, 6.45) is 23.7. The molecular weight excluding hydrogens is 513 g/mol. The smallest absolute Gasteiger partial charge is 0.312 e. The van der Waals surface area contributed by atoms with Crippen molar-refractivity contribution in [2.45, 2.75) is 128 Å². The summed E-state index contributed by atoms with van der Waals surface area (Å²) < 4.78 is 25.8. The molecule has 1 unspecified atom stereocenters. The van der Waals surface area contributed by atoms with Crippen molar-refractivity contribution in [2.75, 3.05) is 19.5 Å².